The highest BCUT2D eigenvalue weighted by Crippen LogP contribution is 2.19. The van der Waals surface area contributed by atoms with Gasteiger partial charge < -0.3 is 5.11 Å². The Labute approximate surface area is 116 Å². The quantitative estimate of drug-likeness (QED) is 0.908. The summed E-state index contributed by atoms with van der Waals surface area (Å²) in [5.41, 5.74) is 1.00. The summed E-state index contributed by atoms with van der Waals surface area (Å²) < 4.78 is 0.937. The van der Waals surface area contributed by atoms with Gasteiger partial charge in [-0.2, -0.15) is 0 Å². The first-order valence-corrected chi connectivity index (χ1v) is 6.64. The van der Waals surface area contributed by atoms with Crippen LogP contribution in [0.25, 0.3) is 0 Å². The van der Waals surface area contributed by atoms with Gasteiger partial charge in [0.1, 0.15) is 0 Å². The second kappa shape index (κ2) is 6.29. The molecule has 0 spiro atoms. The fourth-order valence-electron chi connectivity index (χ4n) is 1.64. The van der Waals surface area contributed by atoms with Crippen molar-refractivity contribution < 1.29 is 9.90 Å². The third-order valence-corrected chi connectivity index (χ3v) is 3.11. The van der Waals surface area contributed by atoms with Gasteiger partial charge in [-0.25, -0.2) is 0 Å². The SMILES string of the molecule is CC(C)(C)N(CCC(=O)O)Cc1cncc(Br)c1. The highest BCUT2D eigenvalue weighted by molar-refractivity contribution is 9.10. The van der Waals surface area contributed by atoms with Crippen LogP contribution in [0.15, 0.2) is 22.9 Å². The number of carboxylic acid groups (broad SMARTS) is 1. The van der Waals surface area contributed by atoms with Crippen LogP contribution in [-0.2, 0) is 11.3 Å². The molecule has 0 atom stereocenters. The molecule has 0 saturated carbocycles. The first-order chi connectivity index (χ1) is 8.29. The number of aromatic nitrogens is 1. The Hall–Kier alpha value is -0.940. The van der Waals surface area contributed by atoms with Gasteiger partial charge in [-0.1, -0.05) is 0 Å². The van der Waals surface area contributed by atoms with Crippen LogP contribution >= 0.6 is 15.9 Å². The number of halogens is 1. The lowest BCUT2D eigenvalue weighted by Crippen LogP contribution is -2.42. The van der Waals surface area contributed by atoms with E-state index in [0.717, 1.165) is 10.0 Å². The minimum atomic E-state index is -0.767. The van der Waals surface area contributed by atoms with Crippen molar-refractivity contribution in [2.24, 2.45) is 0 Å². The van der Waals surface area contributed by atoms with Crippen LogP contribution in [0, 0.1) is 0 Å². The van der Waals surface area contributed by atoms with Crippen LogP contribution < -0.4 is 0 Å². The fraction of sp³-hybridized carbons (Fsp3) is 0.538. The van der Waals surface area contributed by atoms with Crippen LogP contribution in [0.1, 0.15) is 32.8 Å². The largest absolute Gasteiger partial charge is 0.481 e. The van der Waals surface area contributed by atoms with E-state index in [9.17, 15) is 4.79 Å². The Bertz CT molecular complexity index is 416. The van der Waals surface area contributed by atoms with E-state index in [1.54, 1.807) is 6.20 Å². The molecule has 0 amide bonds. The molecule has 0 fully saturated rings. The van der Waals surface area contributed by atoms with Crippen molar-refractivity contribution >= 4 is 21.9 Å². The molecule has 0 aliphatic heterocycles. The number of carboxylic acids is 1. The molecular weight excluding hydrogens is 296 g/mol. The maximum Gasteiger partial charge on any atom is 0.304 e. The molecule has 100 valence electrons. The molecule has 5 heteroatoms. The summed E-state index contributed by atoms with van der Waals surface area (Å²) in [5.74, 6) is -0.767. The van der Waals surface area contributed by atoms with E-state index >= 15 is 0 Å². The van der Waals surface area contributed by atoms with Crippen molar-refractivity contribution in [2.75, 3.05) is 6.54 Å². The first kappa shape index (κ1) is 15.1. The number of pyridine rings is 1. The lowest BCUT2D eigenvalue weighted by Gasteiger charge is -2.35. The predicted molar refractivity (Wildman–Crippen MR) is 74.4 cm³/mol. The lowest BCUT2D eigenvalue weighted by molar-refractivity contribution is -0.137. The van der Waals surface area contributed by atoms with E-state index in [1.807, 2.05) is 12.3 Å². The van der Waals surface area contributed by atoms with Gasteiger partial charge in [0.05, 0.1) is 6.42 Å². The van der Waals surface area contributed by atoms with Crippen molar-refractivity contribution in [3.05, 3.63) is 28.5 Å². The molecule has 4 nitrogen and oxygen atoms in total. The zero-order valence-corrected chi connectivity index (χ0v) is 12.6. The van der Waals surface area contributed by atoms with Gasteiger partial charge in [0, 0.05) is 35.5 Å². The minimum absolute atomic E-state index is 0.0717. The standard InChI is InChI=1S/C13H19BrN2O2/c1-13(2,3)16(5-4-12(17)18)9-10-6-11(14)8-15-7-10/h6-8H,4-5,9H2,1-3H3,(H,17,18). The second-order valence-electron chi connectivity index (χ2n) is 5.25. The topological polar surface area (TPSA) is 53.4 Å². The van der Waals surface area contributed by atoms with Gasteiger partial charge in [0.2, 0.25) is 0 Å². The molecule has 0 bridgehead atoms. The van der Waals surface area contributed by atoms with Gasteiger partial charge in [-0.15, -0.1) is 0 Å². The van der Waals surface area contributed by atoms with Crippen molar-refractivity contribution in [3.63, 3.8) is 0 Å². The van der Waals surface area contributed by atoms with Crippen LogP contribution in [0.2, 0.25) is 0 Å². The van der Waals surface area contributed by atoms with Crippen LogP contribution in [-0.4, -0.2) is 33.0 Å². The van der Waals surface area contributed by atoms with Gasteiger partial charge in [-0.3, -0.25) is 14.7 Å². The van der Waals surface area contributed by atoms with E-state index in [2.05, 4.69) is 46.6 Å². The number of rotatable bonds is 5. The molecule has 0 aromatic carbocycles. The molecule has 1 heterocycles. The summed E-state index contributed by atoms with van der Waals surface area (Å²) in [5, 5.41) is 8.79. The number of nitrogens with zero attached hydrogens (tertiary/aromatic N) is 2. The molecule has 0 saturated heterocycles. The maximum absolute atomic E-state index is 10.7. The van der Waals surface area contributed by atoms with Gasteiger partial charge >= 0.3 is 5.97 Å². The normalized spacial score (nSPS) is 11.8. The molecule has 0 aliphatic rings. The van der Waals surface area contributed by atoms with Crippen LogP contribution in [0.4, 0.5) is 0 Å². The number of carbonyl (C=O) groups is 1. The first-order valence-electron chi connectivity index (χ1n) is 5.85. The van der Waals surface area contributed by atoms with E-state index in [4.69, 9.17) is 5.11 Å². The summed E-state index contributed by atoms with van der Waals surface area (Å²) in [6.07, 6.45) is 3.70. The van der Waals surface area contributed by atoms with Crippen LogP contribution in [0.3, 0.4) is 0 Å². The molecule has 0 unspecified atom stereocenters. The smallest absolute Gasteiger partial charge is 0.304 e. The lowest BCUT2D eigenvalue weighted by atomic mass is 10.0. The molecule has 0 aliphatic carbocycles. The fourth-order valence-corrected chi connectivity index (χ4v) is 2.06. The monoisotopic (exact) mass is 314 g/mol. The molecule has 1 rings (SSSR count). The zero-order chi connectivity index (χ0) is 13.8. The van der Waals surface area contributed by atoms with Gasteiger partial charge in [-0.05, 0) is 48.3 Å². The maximum atomic E-state index is 10.7. The average molecular weight is 315 g/mol. The predicted octanol–water partition coefficient (Wildman–Crippen LogP) is 2.92. The Balaban J connectivity index is 2.75. The highest BCUT2D eigenvalue weighted by Gasteiger charge is 2.22. The number of hydrogen-bond donors (Lipinski definition) is 1. The van der Waals surface area contributed by atoms with E-state index < -0.39 is 5.97 Å². The summed E-state index contributed by atoms with van der Waals surface area (Å²) in [4.78, 5) is 17.0. The van der Waals surface area contributed by atoms with Gasteiger partial charge in [0.15, 0.2) is 0 Å². The molecule has 1 aromatic heterocycles. The van der Waals surface area contributed by atoms with Crippen molar-refractivity contribution in [1.82, 2.24) is 9.88 Å². The average Bonchev–Trinajstić information content (AvgIpc) is 2.22. The number of aliphatic carboxylic acids is 1. The zero-order valence-electron chi connectivity index (χ0n) is 11.0. The molecule has 18 heavy (non-hydrogen) atoms. The van der Waals surface area contributed by atoms with E-state index in [-0.39, 0.29) is 12.0 Å². The minimum Gasteiger partial charge on any atom is -0.481 e. The summed E-state index contributed by atoms with van der Waals surface area (Å²) in [7, 11) is 0. The molecule has 1 N–H and O–H groups in total. The summed E-state index contributed by atoms with van der Waals surface area (Å²) in [6, 6.07) is 2.01. The molecular formula is C13H19BrN2O2. The van der Waals surface area contributed by atoms with E-state index in [1.165, 1.54) is 0 Å². The highest BCUT2D eigenvalue weighted by atomic mass is 79.9. The summed E-state index contributed by atoms with van der Waals surface area (Å²) >= 11 is 3.39. The van der Waals surface area contributed by atoms with Crippen molar-refractivity contribution in [3.8, 4) is 0 Å². The van der Waals surface area contributed by atoms with Gasteiger partial charge in [0.25, 0.3) is 0 Å². The second-order valence-corrected chi connectivity index (χ2v) is 6.16. The van der Waals surface area contributed by atoms with E-state index in [0.29, 0.717) is 13.1 Å². The Morgan fingerprint density at radius 3 is 2.61 bits per heavy atom. The summed E-state index contributed by atoms with van der Waals surface area (Å²) in [6.45, 7) is 7.48. The molecule has 0 radical (unpaired) electrons. The van der Waals surface area contributed by atoms with Crippen molar-refractivity contribution in [1.29, 1.82) is 0 Å². The van der Waals surface area contributed by atoms with Crippen LogP contribution in [0.5, 0.6) is 0 Å². The third-order valence-electron chi connectivity index (χ3n) is 2.68. The molecule has 1 aromatic rings. The Kier molecular flexibility index (Phi) is 5.28. The Morgan fingerprint density at radius 2 is 2.11 bits per heavy atom. The Morgan fingerprint density at radius 1 is 1.44 bits per heavy atom. The van der Waals surface area contributed by atoms with Crippen molar-refractivity contribution in [2.45, 2.75) is 39.3 Å². The number of hydrogen-bond acceptors (Lipinski definition) is 3. The third kappa shape index (κ3) is 5.14.